The second kappa shape index (κ2) is 6.08. The molecule has 3 nitrogen and oxygen atoms in total. The van der Waals surface area contributed by atoms with Crippen LogP contribution in [0.5, 0.6) is 0 Å². The van der Waals surface area contributed by atoms with Crippen LogP contribution in [0.2, 0.25) is 0 Å². The summed E-state index contributed by atoms with van der Waals surface area (Å²) in [5, 5.41) is 0. The lowest BCUT2D eigenvalue weighted by Crippen LogP contribution is -2.33. The molecule has 4 heteroatoms. The average molecular weight is 346 g/mol. The van der Waals surface area contributed by atoms with E-state index in [0.29, 0.717) is 5.69 Å². The largest absolute Gasteiger partial charge is 0.397 e. The number of halogens is 1. The Morgan fingerprint density at radius 2 is 1.86 bits per heavy atom. The van der Waals surface area contributed by atoms with Gasteiger partial charge in [0.1, 0.15) is 0 Å². The van der Waals surface area contributed by atoms with Gasteiger partial charge in [0.2, 0.25) is 0 Å². The normalized spacial score (nSPS) is 14.9. The molecule has 21 heavy (non-hydrogen) atoms. The molecule has 0 unspecified atom stereocenters. The van der Waals surface area contributed by atoms with Crippen molar-refractivity contribution in [3.05, 3.63) is 57.6 Å². The van der Waals surface area contributed by atoms with Crippen LogP contribution in [0.3, 0.4) is 0 Å². The smallest absolute Gasteiger partial charge is 0.0597 e. The molecule has 3 rings (SSSR count). The molecular weight excluding hydrogens is 326 g/mol. The van der Waals surface area contributed by atoms with Gasteiger partial charge >= 0.3 is 0 Å². The lowest BCUT2D eigenvalue weighted by atomic mass is 9.96. The first-order chi connectivity index (χ1) is 10.1. The third kappa shape index (κ3) is 3.06. The summed E-state index contributed by atoms with van der Waals surface area (Å²) < 4.78 is 1.09. The van der Waals surface area contributed by atoms with Crippen LogP contribution < -0.4 is 11.5 Å². The number of nitrogens with two attached hydrogens (primary N) is 2. The van der Waals surface area contributed by atoms with Crippen LogP contribution in [0, 0.1) is 0 Å². The molecular formula is C17H20BrN3. The number of anilines is 2. The summed E-state index contributed by atoms with van der Waals surface area (Å²) in [5.41, 5.74) is 17.5. The zero-order chi connectivity index (χ0) is 14.8. The van der Waals surface area contributed by atoms with Crippen molar-refractivity contribution in [2.24, 2.45) is 0 Å². The van der Waals surface area contributed by atoms with Gasteiger partial charge in [0.05, 0.1) is 11.4 Å². The van der Waals surface area contributed by atoms with Crippen molar-refractivity contribution in [1.82, 2.24) is 4.90 Å². The number of fused-ring (bicyclic) bond motifs is 1. The van der Waals surface area contributed by atoms with Crippen LogP contribution in [-0.2, 0) is 19.4 Å². The van der Waals surface area contributed by atoms with Crippen LogP contribution in [0.25, 0.3) is 0 Å². The first kappa shape index (κ1) is 14.4. The fourth-order valence-electron chi connectivity index (χ4n) is 2.93. The Hall–Kier alpha value is -1.52. The Bertz CT molecular complexity index is 640. The maximum Gasteiger partial charge on any atom is 0.0597 e. The van der Waals surface area contributed by atoms with E-state index >= 15 is 0 Å². The Labute approximate surface area is 134 Å². The van der Waals surface area contributed by atoms with E-state index in [9.17, 15) is 0 Å². The highest BCUT2D eigenvalue weighted by Crippen LogP contribution is 2.34. The van der Waals surface area contributed by atoms with Crippen molar-refractivity contribution in [2.45, 2.75) is 19.4 Å². The van der Waals surface area contributed by atoms with Crippen molar-refractivity contribution >= 4 is 27.3 Å². The van der Waals surface area contributed by atoms with Crippen LogP contribution >= 0.6 is 15.9 Å². The zero-order valence-electron chi connectivity index (χ0n) is 12.0. The Balaban J connectivity index is 1.72. The molecule has 1 heterocycles. The van der Waals surface area contributed by atoms with Crippen molar-refractivity contribution in [2.75, 3.05) is 24.6 Å². The quantitative estimate of drug-likeness (QED) is 0.839. The molecule has 110 valence electrons. The highest BCUT2D eigenvalue weighted by molar-refractivity contribution is 9.10. The molecule has 0 saturated heterocycles. The minimum absolute atomic E-state index is 0.672. The van der Waals surface area contributed by atoms with E-state index < -0.39 is 0 Å². The Morgan fingerprint density at radius 1 is 1.10 bits per heavy atom. The molecule has 0 atom stereocenters. The van der Waals surface area contributed by atoms with Crippen molar-refractivity contribution in [1.29, 1.82) is 0 Å². The number of hydrogen-bond donors (Lipinski definition) is 2. The van der Waals surface area contributed by atoms with Gasteiger partial charge in [-0.2, -0.15) is 0 Å². The molecule has 2 aromatic carbocycles. The first-order valence-corrected chi connectivity index (χ1v) is 8.06. The van der Waals surface area contributed by atoms with E-state index in [-0.39, 0.29) is 0 Å². The number of hydrogen-bond acceptors (Lipinski definition) is 3. The molecule has 0 amide bonds. The molecule has 0 aliphatic carbocycles. The van der Waals surface area contributed by atoms with Crippen LogP contribution in [0.1, 0.15) is 16.7 Å². The minimum Gasteiger partial charge on any atom is -0.397 e. The predicted molar refractivity (Wildman–Crippen MR) is 92.1 cm³/mol. The maximum absolute atomic E-state index is 6.17. The summed E-state index contributed by atoms with van der Waals surface area (Å²) >= 11 is 3.61. The second-order valence-electron chi connectivity index (χ2n) is 5.58. The van der Waals surface area contributed by atoms with Gasteiger partial charge in [0.15, 0.2) is 0 Å². The third-order valence-corrected chi connectivity index (χ3v) is 4.90. The van der Waals surface area contributed by atoms with Gasteiger partial charge in [0, 0.05) is 24.1 Å². The summed E-state index contributed by atoms with van der Waals surface area (Å²) in [6.07, 6.45) is 2.09. The van der Waals surface area contributed by atoms with E-state index in [0.717, 1.165) is 42.6 Å². The van der Waals surface area contributed by atoms with Crippen LogP contribution in [0.4, 0.5) is 11.4 Å². The summed E-state index contributed by atoms with van der Waals surface area (Å²) in [6, 6.07) is 12.5. The maximum atomic E-state index is 6.17. The number of benzene rings is 2. The molecule has 0 radical (unpaired) electrons. The fourth-order valence-corrected chi connectivity index (χ4v) is 3.61. The zero-order valence-corrected chi connectivity index (χ0v) is 13.6. The Kier molecular flexibility index (Phi) is 4.17. The van der Waals surface area contributed by atoms with E-state index in [1.165, 1.54) is 16.7 Å². The van der Waals surface area contributed by atoms with Crippen molar-refractivity contribution < 1.29 is 0 Å². The molecule has 4 N–H and O–H groups in total. The lowest BCUT2D eigenvalue weighted by Gasteiger charge is -2.30. The first-order valence-electron chi connectivity index (χ1n) is 7.26. The summed E-state index contributed by atoms with van der Waals surface area (Å²) in [5.74, 6) is 0. The van der Waals surface area contributed by atoms with E-state index in [2.05, 4.69) is 51.2 Å². The molecule has 0 aromatic heterocycles. The summed E-state index contributed by atoms with van der Waals surface area (Å²) in [4.78, 5) is 2.46. The highest BCUT2D eigenvalue weighted by Gasteiger charge is 2.21. The van der Waals surface area contributed by atoms with Gasteiger partial charge in [-0.15, -0.1) is 0 Å². The molecule has 0 bridgehead atoms. The standard InChI is InChI=1S/C17H20BrN3/c18-15-10-16(19)17(20)14-11-21(9-7-13(14)15)8-6-12-4-2-1-3-5-12/h1-5,10H,6-9,11,19-20H2. The molecule has 0 saturated carbocycles. The molecule has 0 spiro atoms. The topological polar surface area (TPSA) is 55.3 Å². The van der Waals surface area contributed by atoms with Crippen molar-refractivity contribution in [3.8, 4) is 0 Å². The van der Waals surface area contributed by atoms with Gasteiger partial charge in [-0.3, -0.25) is 4.90 Å². The number of nitrogens with zero attached hydrogens (tertiary/aromatic N) is 1. The van der Waals surface area contributed by atoms with Gasteiger partial charge in [-0.25, -0.2) is 0 Å². The van der Waals surface area contributed by atoms with Crippen LogP contribution in [0.15, 0.2) is 40.9 Å². The fraction of sp³-hybridized carbons (Fsp3) is 0.294. The minimum atomic E-state index is 0.672. The van der Waals surface area contributed by atoms with Gasteiger partial charge in [0.25, 0.3) is 0 Å². The monoisotopic (exact) mass is 345 g/mol. The average Bonchev–Trinajstić information content (AvgIpc) is 2.51. The molecule has 1 aliphatic heterocycles. The molecule has 0 fully saturated rings. The summed E-state index contributed by atoms with van der Waals surface area (Å²) in [7, 11) is 0. The lowest BCUT2D eigenvalue weighted by molar-refractivity contribution is 0.257. The predicted octanol–water partition coefficient (Wildman–Crippen LogP) is 3.21. The Morgan fingerprint density at radius 3 is 2.62 bits per heavy atom. The SMILES string of the molecule is Nc1cc(Br)c2c(c1N)CN(CCc1ccccc1)CC2. The van der Waals surface area contributed by atoms with Gasteiger partial charge in [-0.1, -0.05) is 46.3 Å². The molecule has 2 aromatic rings. The van der Waals surface area contributed by atoms with E-state index in [4.69, 9.17) is 11.5 Å². The van der Waals surface area contributed by atoms with Gasteiger partial charge < -0.3 is 11.5 Å². The van der Waals surface area contributed by atoms with E-state index in [1.807, 2.05) is 6.07 Å². The highest BCUT2D eigenvalue weighted by atomic mass is 79.9. The molecule has 1 aliphatic rings. The van der Waals surface area contributed by atoms with Gasteiger partial charge in [-0.05, 0) is 35.6 Å². The van der Waals surface area contributed by atoms with Crippen LogP contribution in [-0.4, -0.2) is 18.0 Å². The summed E-state index contributed by atoms with van der Waals surface area (Å²) in [6.45, 7) is 3.01. The second-order valence-corrected chi connectivity index (χ2v) is 6.43. The number of rotatable bonds is 3. The third-order valence-electron chi connectivity index (χ3n) is 4.19. The number of nitrogen functional groups attached to an aromatic ring is 2. The van der Waals surface area contributed by atoms with E-state index in [1.54, 1.807) is 0 Å². The van der Waals surface area contributed by atoms with Crippen molar-refractivity contribution in [3.63, 3.8) is 0 Å².